The number of hydrogen-bond donors (Lipinski definition) is 3. The van der Waals surface area contributed by atoms with E-state index in [-0.39, 0.29) is 149 Å². The molecule has 4 amide bonds. The molecule has 1 atom stereocenters. The summed E-state index contributed by atoms with van der Waals surface area (Å²) in [7, 11) is 4.90. The molecule has 0 aliphatic heterocycles. The SMILES string of the molecule is CC(C)(C)OC(=O)OC(=O)OC(C)(C)C.CC(C)(C)[O-].COC(=O)C(NC(=O)OC(C)(C)C)C(=O)c1ccccc1.COC(=O)CN.COC(=O)CN(C(=O)OC(C)(C)C)C(=O)c1ccccc1.COC(=O)CNC(=O)c1ccccc1.O=C(Cl)c1ccccc1.O=CO[O-].[H-].[K+].[Na+].[Na+]. The second-order valence-electron chi connectivity index (χ2n) is 23.0. The van der Waals surface area contributed by atoms with E-state index in [9.17, 15) is 62.6 Å². The van der Waals surface area contributed by atoms with Crippen LogP contribution in [-0.2, 0) is 71.5 Å². The number of nitrogens with zero attached hydrogens (tertiary/aromatic N) is 1. The van der Waals surface area contributed by atoms with Crippen molar-refractivity contribution in [2.24, 2.45) is 5.73 Å². The fourth-order valence-corrected chi connectivity index (χ4v) is 5.31. The van der Waals surface area contributed by atoms with Crippen LogP contribution in [0.4, 0.5) is 19.2 Å². The number of imide groups is 1. The van der Waals surface area contributed by atoms with Crippen molar-refractivity contribution in [3.05, 3.63) is 144 Å². The molecule has 0 aromatic heterocycles. The van der Waals surface area contributed by atoms with Gasteiger partial charge in [0, 0.05) is 22.3 Å². The molecule has 29 nitrogen and oxygen atoms in total. The van der Waals surface area contributed by atoms with Gasteiger partial charge in [0.15, 0.2) is 11.8 Å². The number of nitrogens with two attached hydrogens (primary N) is 1. The third-order valence-electron chi connectivity index (χ3n) is 8.85. The Hall–Kier alpha value is -6.20. The van der Waals surface area contributed by atoms with Crippen LogP contribution in [0.2, 0.25) is 0 Å². The maximum absolute atomic E-state index is 12.3. The zero-order chi connectivity index (χ0) is 74.3. The van der Waals surface area contributed by atoms with Crippen LogP contribution in [0, 0.1) is 0 Å². The van der Waals surface area contributed by atoms with Gasteiger partial charge in [-0.25, -0.2) is 28.9 Å². The molecule has 4 aromatic rings. The van der Waals surface area contributed by atoms with Crippen LogP contribution in [0.1, 0.15) is 147 Å². The molecule has 0 saturated heterocycles. The zero-order valence-electron chi connectivity index (χ0n) is 60.9. The Morgan fingerprint density at radius 1 is 0.531 bits per heavy atom. The van der Waals surface area contributed by atoms with E-state index in [0.717, 1.165) is 12.0 Å². The molecule has 0 bridgehead atoms. The summed E-state index contributed by atoms with van der Waals surface area (Å²) in [5.41, 5.74) is 2.80. The first kappa shape index (κ1) is 105. The second-order valence-corrected chi connectivity index (χ2v) is 23.4. The molecule has 1 unspecified atom stereocenters. The van der Waals surface area contributed by atoms with Gasteiger partial charge in [-0.15, -0.1) is 5.60 Å². The molecule has 0 fully saturated rings. The summed E-state index contributed by atoms with van der Waals surface area (Å²) in [5, 5.41) is 22.8. The van der Waals surface area contributed by atoms with Crippen LogP contribution in [0.3, 0.4) is 0 Å². The van der Waals surface area contributed by atoms with Gasteiger partial charge in [-0.2, -0.15) is 0 Å². The Morgan fingerprint density at radius 2 is 0.867 bits per heavy atom. The van der Waals surface area contributed by atoms with Gasteiger partial charge in [-0.3, -0.25) is 38.4 Å². The van der Waals surface area contributed by atoms with Crippen molar-refractivity contribution in [2.45, 2.75) is 138 Å². The van der Waals surface area contributed by atoms with Crippen molar-refractivity contribution < 1.29 is 232 Å². The van der Waals surface area contributed by atoms with Gasteiger partial charge >= 0.3 is 159 Å². The van der Waals surface area contributed by atoms with Gasteiger partial charge in [-0.05, 0) is 119 Å². The maximum atomic E-state index is 12.3. The Balaban J connectivity index is -0.000000166. The number of carbonyl (C=O) groups excluding carboxylic acids is 13. The fourth-order valence-electron chi connectivity index (χ4n) is 5.19. The van der Waals surface area contributed by atoms with E-state index in [4.69, 9.17) is 46.3 Å². The van der Waals surface area contributed by atoms with Gasteiger partial charge in [0.25, 0.3) is 23.5 Å². The van der Waals surface area contributed by atoms with Crippen LogP contribution in [0.15, 0.2) is 121 Å². The average Bonchev–Trinajstić information content (AvgIpc) is 1.03. The molecule has 530 valence electrons. The number of ketones is 1. The molecule has 4 aromatic carbocycles. The molecule has 0 aliphatic rings. The smallest absolute Gasteiger partial charge is 1.00 e. The number of benzene rings is 4. The minimum absolute atomic E-state index is 0. The molecular weight excluding hydrogens is 1360 g/mol. The normalized spacial score (nSPS) is 10.2. The van der Waals surface area contributed by atoms with Crippen molar-refractivity contribution >= 4 is 89.3 Å². The average molecular weight is 1450 g/mol. The number of halogens is 1. The van der Waals surface area contributed by atoms with E-state index in [1.165, 1.54) is 21.3 Å². The number of ether oxygens (including phenoxy) is 9. The van der Waals surface area contributed by atoms with Crippen molar-refractivity contribution in [3.63, 3.8) is 0 Å². The third kappa shape index (κ3) is 63.3. The number of alkyl carbamates (subject to hydrolysis) is 1. The van der Waals surface area contributed by atoms with Crippen LogP contribution in [0.5, 0.6) is 0 Å². The van der Waals surface area contributed by atoms with Crippen molar-refractivity contribution in [1.29, 1.82) is 0 Å². The summed E-state index contributed by atoms with van der Waals surface area (Å²) in [6.45, 7) is 24.2. The second kappa shape index (κ2) is 56.5. The van der Waals surface area contributed by atoms with Gasteiger partial charge in [0.05, 0.1) is 35.0 Å². The zero-order valence-corrected chi connectivity index (χ0v) is 67.8. The van der Waals surface area contributed by atoms with E-state index in [2.05, 4.69) is 39.2 Å². The number of carbonyl (C=O) groups is 13. The monoisotopic (exact) mass is 1450 g/mol. The number of Topliss-reactive ketones (excluding diaryl/α,β-unsaturated/α-hetero) is 1. The van der Waals surface area contributed by atoms with E-state index < -0.39 is 99.9 Å². The summed E-state index contributed by atoms with van der Waals surface area (Å²) in [6, 6.07) is 32.3. The molecule has 4 rings (SSSR count). The molecule has 0 heterocycles. The first-order chi connectivity index (χ1) is 43.7. The number of hydrogen-bond acceptors (Lipinski definition) is 26. The van der Waals surface area contributed by atoms with Crippen LogP contribution < -0.4 is 137 Å². The van der Waals surface area contributed by atoms with Crippen LogP contribution >= 0.6 is 11.6 Å². The number of methoxy groups -OCH3 is 4. The quantitative estimate of drug-likeness (QED) is 0.0158. The Morgan fingerprint density at radius 3 is 1.15 bits per heavy atom. The molecule has 0 aliphatic carbocycles. The topological polar surface area (TPSA) is 414 Å². The number of rotatable bonds is 13. The number of esters is 4. The maximum Gasteiger partial charge on any atom is 1.00 e. The largest absolute Gasteiger partial charge is 1.00 e. The number of amides is 4. The van der Waals surface area contributed by atoms with E-state index in [0.29, 0.717) is 16.7 Å². The van der Waals surface area contributed by atoms with Gasteiger partial charge in [0.2, 0.25) is 0 Å². The van der Waals surface area contributed by atoms with E-state index in [1.807, 2.05) is 12.1 Å². The van der Waals surface area contributed by atoms with E-state index >= 15 is 0 Å². The van der Waals surface area contributed by atoms with Gasteiger partial charge in [0.1, 0.15) is 35.5 Å². The molecule has 4 N–H and O–H groups in total. The Labute approximate surface area is 665 Å². The predicted molar refractivity (Wildman–Crippen MR) is 342 cm³/mol. The van der Waals surface area contributed by atoms with Crippen molar-refractivity contribution in [3.8, 4) is 0 Å². The Kier molecular flexibility index (Phi) is 60.7. The molecular formula is C65H90ClKN4Na2O25. The number of nitrogens with one attached hydrogen (secondary N) is 2. The standard InChI is InChI=1S/2C15H19NO5.C10H11NO3.C10H18O5.C7H5ClO.C4H9O.C3H7NO2.CH2O3.K.2Na.H/c1-15(2,3)21-14(19)16(10-12(17)20-4)13(18)11-8-6-5-7-9-11;1-15(2,3)21-14(19)16-11(13(18)20-4)12(17)10-8-6-5-7-9-10;1-14-9(12)7-11-10(13)8-5-3-2-4-6-8;1-9(2,3)14-7(11)13-8(12)15-10(4,5)6;8-7(9)6-4-2-1-3-5-6;1-4(2,3)5;1-6-3(5)2-4;2-1-4-3;;;;/h5-9H,10H2,1-4H3;5-9,11H,1-4H3,(H,16,19);2-6H,7H2,1H3,(H,11,13);1-6H3;1-5H;1-3H3;2,4H2,1H3;1,3H;;;;/q;;;;;-1;;;3*+1;-1/p-1. The first-order valence-corrected chi connectivity index (χ1v) is 28.4. The van der Waals surface area contributed by atoms with Crippen LogP contribution in [0.25, 0.3) is 0 Å². The van der Waals surface area contributed by atoms with Crippen LogP contribution in [-0.4, -0.2) is 165 Å². The summed E-state index contributed by atoms with van der Waals surface area (Å²) < 4.78 is 41.6. The van der Waals surface area contributed by atoms with Crippen molar-refractivity contribution in [1.82, 2.24) is 15.5 Å². The van der Waals surface area contributed by atoms with E-state index in [1.54, 1.807) is 213 Å². The fraction of sp³-hybridized carbons (Fsp3) is 0.431. The Bertz CT molecular complexity index is 2960. The van der Waals surface area contributed by atoms with Gasteiger partial charge in [-0.1, -0.05) is 118 Å². The summed E-state index contributed by atoms with van der Waals surface area (Å²) in [6.07, 6.45) is -3.86. The molecule has 0 spiro atoms. The summed E-state index contributed by atoms with van der Waals surface area (Å²) in [4.78, 5) is 148. The summed E-state index contributed by atoms with van der Waals surface area (Å²) in [5.74, 6) is -3.86. The van der Waals surface area contributed by atoms with Crippen molar-refractivity contribution in [2.75, 3.05) is 48.1 Å². The van der Waals surface area contributed by atoms with Gasteiger partial charge < -0.3 is 75.7 Å². The predicted octanol–water partition coefficient (Wildman–Crippen LogP) is -1.48. The first-order valence-electron chi connectivity index (χ1n) is 28.1. The third-order valence-corrected chi connectivity index (χ3v) is 9.07. The molecule has 0 radical (unpaired) electrons. The minimum Gasteiger partial charge on any atom is -1.00 e. The molecule has 98 heavy (non-hydrogen) atoms. The molecule has 0 saturated carbocycles. The molecule has 33 heteroatoms. The minimum atomic E-state index is -1.44. The summed E-state index contributed by atoms with van der Waals surface area (Å²) >= 11 is 5.16.